The van der Waals surface area contributed by atoms with E-state index < -0.39 is 0 Å². The van der Waals surface area contributed by atoms with Gasteiger partial charge >= 0.3 is 0 Å². The molecule has 1 unspecified atom stereocenters. The molecule has 0 aliphatic rings. The Bertz CT molecular complexity index is 534. The van der Waals surface area contributed by atoms with E-state index in [9.17, 15) is 0 Å². The predicted molar refractivity (Wildman–Crippen MR) is 77.7 cm³/mol. The molecule has 0 amide bonds. The molecule has 0 bridgehead atoms. The molecule has 3 N–H and O–H groups in total. The fourth-order valence-corrected chi connectivity index (χ4v) is 2.61. The average molecular weight is 261 g/mol. The molecule has 1 aromatic carbocycles. The summed E-state index contributed by atoms with van der Waals surface area (Å²) in [5.41, 5.74) is 9.19. The van der Waals surface area contributed by atoms with Crippen LogP contribution < -0.4 is 11.1 Å². The summed E-state index contributed by atoms with van der Waals surface area (Å²) in [6.07, 6.45) is 1.92. The molecule has 1 atom stereocenters. The van der Waals surface area contributed by atoms with Gasteiger partial charge in [-0.3, -0.25) is 0 Å². The first kappa shape index (κ1) is 13.1. The van der Waals surface area contributed by atoms with E-state index in [0.29, 0.717) is 0 Å². The van der Waals surface area contributed by atoms with Crippen molar-refractivity contribution in [2.45, 2.75) is 33.4 Å². The third-order valence-corrected chi connectivity index (χ3v) is 4.00. The number of nitrogens with one attached hydrogen (secondary N) is 1. The van der Waals surface area contributed by atoms with Crippen LogP contribution in [0.25, 0.3) is 0 Å². The Kier molecular flexibility index (Phi) is 3.99. The van der Waals surface area contributed by atoms with Gasteiger partial charge in [0.15, 0.2) is 0 Å². The number of hydrogen-bond acceptors (Lipinski definition) is 4. The van der Waals surface area contributed by atoms with Crippen molar-refractivity contribution < 1.29 is 0 Å². The van der Waals surface area contributed by atoms with Crippen LogP contribution >= 0.6 is 11.3 Å². The molecule has 3 nitrogen and oxygen atoms in total. The van der Waals surface area contributed by atoms with Crippen LogP contribution in [0.15, 0.2) is 24.4 Å². The SMILES string of the molecule is Cc1ccc(N)c(CNC(C)c2ncc(C)s2)c1. The number of anilines is 1. The third kappa shape index (κ3) is 3.09. The molecule has 0 spiro atoms. The van der Waals surface area contributed by atoms with Crippen molar-refractivity contribution in [3.05, 3.63) is 45.4 Å². The molecule has 18 heavy (non-hydrogen) atoms. The molecule has 0 radical (unpaired) electrons. The minimum atomic E-state index is 0.253. The summed E-state index contributed by atoms with van der Waals surface area (Å²) >= 11 is 1.73. The third-order valence-electron chi connectivity index (χ3n) is 2.91. The molecule has 1 aromatic heterocycles. The smallest absolute Gasteiger partial charge is 0.109 e. The van der Waals surface area contributed by atoms with Crippen LogP contribution in [0.3, 0.4) is 0 Å². The second-order valence-electron chi connectivity index (χ2n) is 4.61. The van der Waals surface area contributed by atoms with E-state index in [1.54, 1.807) is 11.3 Å². The normalized spacial score (nSPS) is 12.6. The molecule has 96 valence electrons. The summed E-state index contributed by atoms with van der Waals surface area (Å²) < 4.78 is 0. The van der Waals surface area contributed by atoms with E-state index >= 15 is 0 Å². The molecule has 0 aliphatic carbocycles. The summed E-state index contributed by atoms with van der Waals surface area (Å²) in [5, 5.41) is 4.59. The Morgan fingerprint density at radius 2 is 2.17 bits per heavy atom. The van der Waals surface area contributed by atoms with Crippen molar-refractivity contribution in [2.24, 2.45) is 0 Å². The maximum atomic E-state index is 5.97. The van der Waals surface area contributed by atoms with Crippen LogP contribution in [-0.4, -0.2) is 4.98 Å². The number of nitrogens with two attached hydrogens (primary N) is 1. The van der Waals surface area contributed by atoms with Crippen molar-refractivity contribution in [1.82, 2.24) is 10.3 Å². The summed E-state index contributed by atoms with van der Waals surface area (Å²) in [6.45, 7) is 7.06. The molecule has 4 heteroatoms. The second kappa shape index (κ2) is 5.50. The molecule has 2 rings (SSSR count). The Morgan fingerprint density at radius 1 is 1.39 bits per heavy atom. The summed E-state index contributed by atoms with van der Waals surface area (Å²) in [5.74, 6) is 0. The van der Waals surface area contributed by atoms with Gasteiger partial charge in [0.2, 0.25) is 0 Å². The Labute approximate surface area is 112 Å². The number of benzene rings is 1. The zero-order valence-corrected chi connectivity index (χ0v) is 11.8. The van der Waals surface area contributed by atoms with Crippen molar-refractivity contribution >= 4 is 17.0 Å². The Morgan fingerprint density at radius 3 is 2.83 bits per heavy atom. The maximum absolute atomic E-state index is 5.97. The number of aromatic nitrogens is 1. The number of aryl methyl sites for hydroxylation is 2. The zero-order chi connectivity index (χ0) is 13.1. The summed E-state index contributed by atoms with van der Waals surface area (Å²) in [7, 11) is 0. The van der Waals surface area contributed by atoms with Gasteiger partial charge in [-0.25, -0.2) is 4.98 Å². The topological polar surface area (TPSA) is 50.9 Å². The number of rotatable bonds is 4. The minimum Gasteiger partial charge on any atom is -0.398 e. The largest absolute Gasteiger partial charge is 0.398 e. The van der Waals surface area contributed by atoms with Gasteiger partial charge in [0, 0.05) is 23.3 Å². The van der Waals surface area contributed by atoms with E-state index in [4.69, 9.17) is 5.73 Å². The van der Waals surface area contributed by atoms with Gasteiger partial charge in [-0.15, -0.1) is 11.3 Å². The van der Waals surface area contributed by atoms with Crippen LogP contribution in [0.1, 0.15) is 34.0 Å². The Hall–Kier alpha value is -1.39. The lowest BCUT2D eigenvalue weighted by molar-refractivity contribution is 0.572. The first-order valence-corrected chi connectivity index (χ1v) is 6.88. The molecule has 0 aliphatic heterocycles. The highest BCUT2D eigenvalue weighted by atomic mass is 32.1. The Balaban J connectivity index is 2.01. The van der Waals surface area contributed by atoms with E-state index in [1.807, 2.05) is 18.3 Å². The number of thiazole rings is 1. The van der Waals surface area contributed by atoms with Crippen molar-refractivity contribution in [3.63, 3.8) is 0 Å². The van der Waals surface area contributed by atoms with Crippen LogP contribution in [0.4, 0.5) is 5.69 Å². The van der Waals surface area contributed by atoms with E-state index in [2.05, 4.69) is 37.1 Å². The minimum absolute atomic E-state index is 0.253. The van der Waals surface area contributed by atoms with Crippen molar-refractivity contribution in [1.29, 1.82) is 0 Å². The van der Waals surface area contributed by atoms with E-state index in [-0.39, 0.29) is 6.04 Å². The first-order valence-electron chi connectivity index (χ1n) is 6.07. The zero-order valence-electron chi connectivity index (χ0n) is 11.0. The summed E-state index contributed by atoms with van der Waals surface area (Å²) in [4.78, 5) is 5.64. The molecular weight excluding hydrogens is 242 g/mol. The number of nitrogen functional groups attached to an aromatic ring is 1. The maximum Gasteiger partial charge on any atom is 0.109 e. The van der Waals surface area contributed by atoms with Gasteiger partial charge in [0.1, 0.15) is 5.01 Å². The lowest BCUT2D eigenvalue weighted by atomic mass is 10.1. The number of hydrogen-bond donors (Lipinski definition) is 2. The van der Waals surface area contributed by atoms with Crippen LogP contribution in [0.5, 0.6) is 0 Å². The van der Waals surface area contributed by atoms with E-state index in [1.165, 1.54) is 10.4 Å². The monoisotopic (exact) mass is 261 g/mol. The van der Waals surface area contributed by atoms with E-state index in [0.717, 1.165) is 22.8 Å². The molecule has 2 aromatic rings. The van der Waals surface area contributed by atoms with Gasteiger partial charge in [0.05, 0.1) is 6.04 Å². The second-order valence-corrected chi connectivity index (χ2v) is 5.88. The van der Waals surface area contributed by atoms with Gasteiger partial charge in [-0.1, -0.05) is 17.7 Å². The van der Waals surface area contributed by atoms with Crippen molar-refractivity contribution in [2.75, 3.05) is 5.73 Å². The predicted octanol–water partition coefficient (Wildman–Crippen LogP) is 3.19. The molecule has 0 saturated heterocycles. The molecule has 0 fully saturated rings. The standard InChI is InChI=1S/C14H19N3S/c1-9-4-5-13(15)12(6-9)8-16-11(3)14-17-7-10(2)18-14/h4-7,11,16H,8,15H2,1-3H3. The fraction of sp³-hybridized carbons (Fsp3) is 0.357. The van der Waals surface area contributed by atoms with Crippen molar-refractivity contribution in [3.8, 4) is 0 Å². The van der Waals surface area contributed by atoms with Gasteiger partial charge < -0.3 is 11.1 Å². The van der Waals surface area contributed by atoms with Crippen LogP contribution in [0, 0.1) is 13.8 Å². The lowest BCUT2D eigenvalue weighted by Crippen LogP contribution is -2.18. The highest BCUT2D eigenvalue weighted by molar-refractivity contribution is 7.11. The first-order chi connectivity index (χ1) is 8.56. The average Bonchev–Trinajstić information content (AvgIpc) is 2.77. The van der Waals surface area contributed by atoms with Gasteiger partial charge in [0.25, 0.3) is 0 Å². The summed E-state index contributed by atoms with van der Waals surface area (Å²) in [6, 6.07) is 6.38. The quantitative estimate of drug-likeness (QED) is 0.831. The fourth-order valence-electron chi connectivity index (χ4n) is 1.81. The van der Waals surface area contributed by atoms with Crippen LogP contribution in [0.2, 0.25) is 0 Å². The highest BCUT2D eigenvalue weighted by Crippen LogP contribution is 2.20. The molecule has 1 heterocycles. The number of nitrogens with zero attached hydrogens (tertiary/aromatic N) is 1. The van der Waals surface area contributed by atoms with Gasteiger partial charge in [-0.05, 0) is 32.4 Å². The lowest BCUT2D eigenvalue weighted by Gasteiger charge is -2.13. The van der Waals surface area contributed by atoms with Gasteiger partial charge in [-0.2, -0.15) is 0 Å². The molecular formula is C14H19N3S. The highest BCUT2D eigenvalue weighted by Gasteiger charge is 2.09. The molecule has 0 saturated carbocycles. The van der Waals surface area contributed by atoms with Crippen LogP contribution in [-0.2, 0) is 6.54 Å².